The smallest absolute Gasteiger partial charge is 0.231 e. The zero-order valence-electron chi connectivity index (χ0n) is 16.9. The molecule has 0 saturated heterocycles. The van der Waals surface area contributed by atoms with Crippen LogP contribution >= 0.6 is 11.8 Å². The van der Waals surface area contributed by atoms with E-state index in [-0.39, 0.29) is 11.7 Å². The van der Waals surface area contributed by atoms with Gasteiger partial charge in [0.2, 0.25) is 5.91 Å². The Morgan fingerprint density at radius 1 is 1.20 bits per heavy atom. The summed E-state index contributed by atoms with van der Waals surface area (Å²) in [5.41, 5.74) is 2.28. The maximum Gasteiger partial charge on any atom is 0.231 e. The minimum Gasteiger partial charge on any atom is -0.497 e. The van der Waals surface area contributed by atoms with Gasteiger partial charge in [-0.2, -0.15) is 5.26 Å². The van der Waals surface area contributed by atoms with Crippen LogP contribution in [0, 0.1) is 11.3 Å². The Hall–Kier alpha value is -3.04. The van der Waals surface area contributed by atoms with E-state index in [1.54, 1.807) is 7.11 Å². The fourth-order valence-electron chi connectivity index (χ4n) is 3.93. The molecule has 1 N–H and O–H groups in total. The second-order valence-corrected chi connectivity index (χ2v) is 8.49. The third-order valence-electron chi connectivity index (χ3n) is 5.48. The summed E-state index contributed by atoms with van der Waals surface area (Å²) in [4.78, 5) is 17.3. The summed E-state index contributed by atoms with van der Waals surface area (Å²) < 4.78 is 5.36. The predicted molar refractivity (Wildman–Crippen MR) is 119 cm³/mol. The third kappa shape index (κ3) is 4.27. The van der Waals surface area contributed by atoms with Crippen LogP contribution in [0.1, 0.15) is 25.7 Å². The maximum atomic E-state index is 12.5. The van der Waals surface area contributed by atoms with Gasteiger partial charge in [0, 0.05) is 11.5 Å². The number of rotatable bonds is 6. The zero-order chi connectivity index (χ0) is 21.0. The Labute approximate surface area is 180 Å². The van der Waals surface area contributed by atoms with Crippen LogP contribution in [-0.2, 0) is 4.79 Å². The number of hydrogen-bond donors (Lipinski definition) is 1. The molecule has 1 aromatic heterocycles. The summed E-state index contributed by atoms with van der Waals surface area (Å²) >= 11 is 1.38. The first-order valence-electron chi connectivity index (χ1n) is 10.0. The first-order valence-corrected chi connectivity index (χ1v) is 11.0. The number of hydrogen-bond acceptors (Lipinski definition) is 5. The van der Waals surface area contributed by atoms with Crippen molar-refractivity contribution < 1.29 is 9.53 Å². The van der Waals surface area contributed by atoms with Gasteiger partial charge in [-0.05, 0) is 55.0 Å². The van der Waals surface area contributed by atoms with E-state index in [2.05, 4.69) is 23.5 Å². The SMILES string of the molecule is COc1ccc2c(-c3ccccc3)cc(SCC(=O)NC3(C#N)CCCC3)nc2c1. The number of ether oxygens (including phenoxy) is 1. The first kappa shape index (κ1) is 20.2. The quantitative estimate of drug-likeness (QED) is 0.574. The van der Waals surface area contributed by atoms with E-state index in [0.717, 1.165) is 58.5 Å². The molecule has 1 aliphatic carbocycles. The number of carbonyl (C=O) groups excluding carboxylic acids is 1. The van der Waals surface area contributed by atoms with E-state index in [1.807, 2.05) is 42.5 Å². The molecule has 152 valence electrons. The van der Waals surface area contributed by atoms with Gasteiger partial charge in [0.15, 0.2) is 0 Å². The lowest BCUT2D eigenvalue weighted by atomic mass is 10.0. The lowest BCUT2D eigenvalue weighted by Gasteiger charge is -2.21. The summed E-state index contributed by atoms with van der Waals surface area (Å²) in [5, 5.41) is 14.2. The second kappa shape index (κ2) is 8.76. The van der Waals surface area contributed by atoms with Crippen LogP contribution in [0.5, 0.6) is 5.75 Å². The summed E-state index contributed by atoms with van der Waals surface area (Å²) in [6.45, 7) is 0. The number of nitriles is 1. The number of amides is 1. The van der Waals surface area contributed by atoms with E-state index in [4.69, 9.17) is 9.72 Å². The molecule has 1 aliphatic rings. The monoisotopic (exact) mass is 417 g/mol. The number of aromatic nitrogens is 1. The molecular formula is C24H23N3O2S. The minimum absolute atomic E-state index is 0.128. The van der Waals surface area contributed by atoms with Crippen LogP contribution in [0.4, 0.5) is 0 Å². The van der Waals surface area contributed by atoms with Crippen molar-refractivity contribution in [3.63, 3.8) is 0 Å². The van der Waals surface area contributed by atoms with Crippen molar-refractivity contribution in [1.29, 1.82) is 5.26 Å². The molecule has 1 fully saturated rings. The van der Waals surface area contributed by atoms with Gasteiger partial charge in [-0.3, -0.25) is 4.79 Å². The molecule has 6 heteroatoms. The molecule has 1 amide bonds. The number of thioether (sulfide) groups is 1. The molecular weight excluding hydrogens is 394 g/mol. The topological polar surface area (TPSA) is 75.0 Å². The van der Waals surface area contributed by atoms with Crippen molar-refractivity contribution in [2.75, 3.05) is 12.9 Å². The molecule has 0 aliphatic heterocycles. The highest BCUT2D eigenvalue weighted by Gasteiger charge is 2.35. The van der Waals surface area contributed by atoms with Gasteiger partial charge in [0.25, 0.3) is 0 Å². The van der Waals surface area contributed by atoms with Crippen LogP contribution in [0.2, 0.25) is 0 Å². The molecule has 2 aromatic carbocycles. The van der Waals surface area contributed by atoms with Gasteiger partial charge < -0.3 is 10.1 Å². The fourth-order valence-corrected chi connectivity index (χ4v) is 4.64. The van der Waals surface area contributed by atoms with Crippen LogP contribution in [0.15, 0.2) is 59.6 Å². The predicted octanol–water partition coefficient (Wildman–Crippen LogP) is 4.96. The van der Waals surface area contributed by atoms with Crippen molar-refractivity contribution in [1.82, 2.24) is 10.3 Å². The Morgan fingerprint density at radius 3 is 2.67 bits per heavy atom. The van der Waals surface area contributed by atoms with Crippen molar-refractivity contribution >= 4 is 28.6 Å². The van der Waals surface area contributed by atoms with Gasteiger partial charge in [-0.25, -0.2) is 4.98 Å². The molecule has 5 nitrogen and oxygen atoms in total. The fraction of sp³-hybridized carbons (Fsp3) is 0.292. The highest BCUT2D eigenvalue weighted by atomic mass is 32.2. The average molecular weight is 418 g/mol. The van der Waals surface area contributed by atoms with Gasteiger partial charge in [0.05, 0.1) is 29.5 Å². The molecule has 0 unspecified atom stereocenters. The van der Waals surface area contributed by atoms with Crippen LogP contribution in [-0.4, -0.2) is 29.3 Å². The molecule has 1 saturated carbocycles. The summed E-state index contributed by atoms with van der Waals surface area (Å²) in [5.74, 6) is 0.837. The molecule has 0 spiro atoms. The van der Waals surface area contributed by atoms with Crippen LogP contribution < -0.4 is 10.1 Å². The standard InChI is InChI=1S/C24H23N3O2S/c1-29-18-9-10-19-20(17-7-3-2-4-8-17)14-23(26-21(19)13-18)30-15-22(28)27-24(16-25)11-5-6-12-24/h2-4,7-10,13-14H,5-6,11-12,15H2,1H3,(H,27,28). The number of benzene rings is 2. The maximum absolute atomic E-state index is 12.5. The van der Waals surface area contributed by atoms with Crippen molar-refractivity contribution in [2.24, 2.45) is 0 Å². The number of nitrogens with zero attached hydrogens (tertiary/aromatic N) is 2. The lowest BCUT2D eigenvalue weighted by molar-refractivity contribution is -0.119. The normalized spacial score (nSPS) is 14.9. The van der Waals surface area contributed by atoms with E-state index in [0.29, 0.717) is 0 Å². The minimum atomic E-state index is -0.697. The Morgan fingerprint density at radius 2 is 1.97 bits per heavy atom. The Bertz CT molecular complexity index is 1100. The van der Waals surface area contributed by atoms with E-state index in [9.17, 15) is 10.1 Å². The lowest BCUT2D eigenvalue weighted by Crippen LogP contribution is -2.45. The Kier molecular flexibility index (Phi) is 5.91. The number of fused-ring (bicyclic) bond motifs is 1. The number of nitrogens with one attached hydrogen (secondary N) is 1. The van der Waals surface area contributed by atoms with Gasteiger partial charge in [0.1, 0.15) is 11.3 Å². The molecule has 1 heterocycles. The largest absolute Gasteiger partial charge is 0.497 e. The Balaban J connectivity index is 1.60. The van der Waals surface area contributed by atoms with Gasteiger partial charge in [-0.15, -0.1) is 0 Å². The first-order chi connectivity index (χ1) is 14.6. The van der Waals surface area contributed by atoms with Gasteiger partial charge >= 0.3 is 0 Å². The van der Waals surface area contributed by atoms with Crippen molar-refractivity contribution in [3.8, 4) is 22.9 Å². The van der Waals surface area contributed by atoms with Crippen molar-refractivity contribution in [3.05, 3.63) is 54.6 Å². The van der Waals surface area contributed by atoms with Crippen LogP contribution in [0.25, 0.3) is 22.0 Å². The molecule has 4 rings (SSSR count). The number of pyridine rings is 1. The number of carbonyl (C=O) groups is 1. The second-order valence-electron chi connectivity index (χ2n) is 7.50. The van der Waals surface area contributed by atoms with E-state index in [1.165, 1.54) is 11.8 Å². The average Bonchev–Trinajstić information content (AvgIpc) is 3.26. The zero-order valence-corrected chi connectivity index (χ0v) is 17.7. The van der Waals surface area contributed by atoms with E-state index < -0.39 is 5.54 Å². The van der Waals surface area contributed by atoms with E-state index >= 15 is 0 Å². The highest BCUT2D eigenvalue weighted by molar-refractivity contribution is 7.99. The molecule has 3 aromatic rings. The van der Waals surface area contributed by atoms with Gasteiger partial charge in [-0.1, -0.05) is 42.1 Å². The summed E-state index contributed by atoms with van der Waals surface area (Å²) in [7, 11) is 1.64. The summed E-state index contributed by atoms with van der Waals surface area (Å²) in [6.07, 6.45) is 3.42. The van der Waals surface area contributed by atoms with Crippen LogP contribution in [0.3, 0.4) is 0 Å². The number of methoxy groups -OCH3 is 1. The molecule has 0 radical (unpaired) electrons. The summed E-state index contributed by atoms with van der Waals surface area (Å²) in [6, 6.07) is 20.3. The molecule has 30 heavy (non-hydrogen) atoms. The molecule has 0 atom stereocenters. The molecule has 0 bridgehead atoms. The third-order valence-corrected chi connectivity index (χ3v) is 6.39. The van der Waals surface area contributed by atoms with Crippen molar-refractivity contribution in [2.45, 2.75) is 36.2 Å². The highest BCUT2D eigenvalue weighted by Crippen LogP contribution is 2.34.